The van der Waals surface area contributed by atoms with Crippen LogP contribution in [0.15, 0.2) is 0 Å². The van der Waals surface area contributed by atoms with Gasteiger partial charge in [0.25, 0.3) is 0 Å². The molecule has 1 aliphatic rings. The Hall–Kier alpha value is -0.380. The zero-order valence-corrected chi connectivity index (χ0v) is 5.73. The Bertz CT molecular complexity index is 204. The Kier molecular flexibility index (Phi) is 1.57. The van der Waals surface area contributed by atoms with Crippen molar-refractivity contribution in [2.45, 2.75) is 6.42 Å². The number of hydrogen-bond acceptors (Lipinski definition) is 3. The van der Waals surface area contributed by atoms with Crippen LogP contribution in [0.4, 0.5) is 0 Å². The summed E-state index contributed by atoms with van der Waals surface area (Å²) in [5, 5.41) is 0. The van der Waals surface area contributed by atoms with Crippen molar-refractivity contribution < 1.29 is 13.2 Å². The topological polar surface area (TPSA) is 51.2 Å². The van der Waals surface area contributed by atoms with E-state index in [1.165, 1.54) is 0 Å². The first-order valence-electron chi connectivity index (χ1n) is 2.80. The number of carbonyl (C=O) groups excluding carboxylic acids is 1. The second-order valence-corrected chi connectivity index (χ2v) is 4.53. The van der Waals surface area contributed by atoms with Gasteiger partial charge in [-0.3, -0.25) is 0 Å². The molecule has 0 aliphatic carbocycles. The maximum absolute atomic E-state index is 10.6. The molecule has 1 aliphatic heterocycles. The lowest BCUT2D eigenvalue weighted by Crippen LogP contribution is -2.05. The van der Waals surface area contributed by atoms with Crippen LogP contribution in [0.2, 0.25) is 0 Å². The predicted octanol–water partition coefficient (Wildman–Crippen LogP) is -0.380. The maximum Gasteiger partial charge on any atom is 0.151 e. The summed E-state index contributed by atoms with van der Waals surface area (Å²) in [6.07, 6.45) is 1.25. The Morgan fingerprint density at radius 2 is 2.11 bits per heavy atom. The van der Waals surface area contributed by atoms with Gasteiger partial charge in [-0.1, -0.05) is 0 Å². The van der Waals surface area contributed by atoms with E-state index in [9.17, 15) is 13.2 Å². The summed E-state index contributed by atoms with van der Waals surface area (Å²) in [7, 11) is -2.84. The summed E-state index contributed by atoms with van der Waals surface area (Å²) in [6, 6.07) is 0. The molecular formula is C5H8O3S. The van der Waals surface area contributed by atoms with Crippen molar-refractivity contribution >= 4 is 16.1 Å². The van der Waals surface area contributed by atoms with Gasteiger partial charge in [0, 0.05) is 5.92 Å². The molecule has 1 saturated heterocycles. The summed E-state index contributed by atoms with van der Waals surface area (Å²) in [5.41, 5.74) is 0. The van der Waals surface area contributed by atoms with Crippen molar-refractivity contribution in [1.29, 1.82) is 0 Å². The average Bonchev–Trinajstić information content (AvgIpc) is 2.10. The quantitative estimate of drug-likeness (QED) is 0.476. The van der Waals surface area contributed by atoms with Crippen LogP contribution in [0.5, 0.6) is 0 Å². The molecule has 0 bridgehead atoms. The number of hydrogen-bond donors (Lipinski definition) is 0. The predicted molar refractivity (Wildman–Crippen MR) is 32.8 cm³/mol. The first-order chi connectivity index (χ1) is 4.14. The van der Waals surface area contributed by atoms with Crippen molar-refractivity contribution in [3.63, 3.8) is 0 Å². The summed E-state index contributed by atoms with van der Waals surface area (Å²) >= 11 is 0. The van der Waals surface area contributed by atoms with Crippen LogP contribution in [0, 0.1) is 5.92 Å². The van der Waals surface area contributed by atoms with Crippen molar-refractivity contribution in [2.24, 2.45) is 5.92 Å². The standard InChI is InChI=1S/C5H8O3S/c6-3-5-1-2-9(7,8)4-5/h3,5H,1-2,4H2. The Balaban J connectivity index is 2.68. The molecule has 4 heteroatoms. The van der Waals surface area contributed by atoms with Crippen LogP contribution in [0.25, 0.3) is 0 Å². The van der Waals surface area contributed by atoms with Gasteiger partial charge in [-0.25, -0.2) is 8.42 Å². The molecule has 0 aromatic carbocycles. The van der Waals surface area contributed by atoms with Crippen molar-refractivity contribution in [3.05, 3.63) is 0 Å². The number of sulfone groups is 1. The van der Waals surface area contributed by atoms with Gasteiger partial charge in [-0.15, -0.1) is 0 Å². The minimum absolute atomic E-state index is 0.0660. The molecule has 0 spiro atoms. The minimum atomic E-state index is -2.84. The molecule has 1 unspecified atom stereocenters. The Morgan fingerprint density at radius 1 is 1.44 bits per heavy atom. The van der Waals surface area contributed by atoms with E-state index in [-0.39, 0.29) is 17.4 Å². The fraction of sp³-hybridized carbons (Fsp3) is 0.800. The number of rotatable bonds is 1. The van der Waals surface area contributed by atoms with Crippen LogP contribution in [0.1, 0.15) is 6.42 Å². The molecule has 1 rings (SSSR count). The van der Waals surface area contributed by atoms with Gasteiger partial charge in [-0.05, 0) is 6.42 Å². The fourth-order valence-corrected chi connectivity index (χ4v) is 2.66. The van der Waals surface area contributed by atoms with Crippen LogP contribution in [0.3, 0.4) is 0 Å². The van der Waals surface area contributed by atoms with Gasteiger partial charge in [0.1, 0.15) is 6.29 Å². The number of carbonyl (C=O) groups is 1. The number of aldehydes is 1. The fourth-order valence-electron chi connectivity index (χ4n) is 0.931. The van der Waals surface area contributed by atoms with Crippen LogP contribution >= 0.6 is 0 Å². The molecule has 9 heavy (non-hydrogen) atoms. The van der Waals surface area contributed by atoms with Gasteiger partial charge in [0.2, 0.25) is 0 Å². The van der Waals surface area contributed by atoms with Crippen molar-refractivity contribution in [3.8, 4) is 0 Å². The smallest absolute Gasteiger partial charge is 0.151 e. The SMILES string of the molecule is O=CC1CCS(=O)(=O)C1. The second-order valence-electron chi connectivity index (χ2n) is 2.30. The molecule has 1 heterocycles. The third-order valence-corrected chi connectivity index (χ3v) is 3.25. The molecular weight excluding hydrogens is 140 g/mol. The molecule has 1 atom stereocenters. The van der Waals surface area contributed by atoms with Crippen LogP contribution < -0.4 is 0 Å². The summed E-state index contributed by atoms with van der Waals surface area (Å²) in [6.45, 7) is 0. The largest absolute Gasteiger partial charge is 0.303 e. The van der Waals surface area contributed by atoms with Gasteiger partial charge >= 0.3 is 0 Å². The van der Waals surface area contributed by atoms with Crippen LogP contribution in [-0.2, 0) is 14.6 Å². The molecule has 0 amide bonds. The first kappa shape index (κ1) is 6.74. The minimum Gasteiger partial charge on any atom is -0.303 e. The highest BCUT2D eigenvalue weighted by molar-refractivity contribution is 7.91. The molecule has 3 nitrogen and oxygen atoms in total. The Labute approximate surface area is 54.0 Å². The van der Waals surface area contributed by atoms with E-state index in [4.69, 9.17) is 0 Å². The van der Waals surface area contributed by atoms with Crippen molar-refractivity contribution in [2.75, 3.05) is 11.5 Å². The van der Waals surface area contributed by atoms with E-state index in [0.29, 0.717) is 6.42 Å². The highest BCUT2D eigenvalue weighted by Crippen LogP contribution is 2.15. The average molecular weight is 148 g/mol. The highest BCUT2D eigenvalue weighted by atomic mass is 32.2. The molecule has 0 aromatic rings. The molecule has 52 valence electrons. The van der Waals surface area contributed by atoms with Crippen LogP contribution in [-0.4, -0.2) is 26.2 Å². The van der Waals surface area contributed by atoms with E-state index in [0.717, 1.165) is 6.29 Å². The molecule has 1 fully saturated rings. The lowest BCUT2D eigenvalue weighted by atomic mass is 10.2. The lowest BCUT2D eigenvalue weighted by Gasteiger charge is -1.89. The summed E-state index contributed by atoms with van der Waals surface area (Å²) in [4.78, 5) is 10.0. The zero-order chi connectivity index (χ0) is 6.91. The van der Waals surface area contributed by atoms with E-state index < -0.39 is 9.84 Å². The van der Waals surface area contributed by atoms with Crippen molar-refractivity contribution in [1.82, 2.24) is 0 Å². The first-order valence-corrected chi connectivity index (χ1v) is 4.62. The van der Waals surface area contributed by atoms with E-state index >= 15 is 0 Å². The lowest BCUT2D eigenvalue weighted by molar-refractivity contribution is -0.110. The molecule has 0 radical (unpaired) electrons. The van der Waals surface area contributed by atoms with Gasteiger partial charge in [0.05, 0.1) is 11.5 Å². The van der Waals surface area contributed by atoms with E-state index in [1.807, 2.05) is 0 Å². The van der Waals surface area contributed by atoms with E-state index in [1.54, 1.807) is 0 Å². The zero-order valence-electron chi connectivity index (χ0n) is 4.91. The van der Waals surface area contributed by atoms with Gasteiger partial charge in [-0.2, -0.15) is 0 Å². The second kappa shape index (κ2) is 2.10. The maximum atomic E-state index is 10.6. The molecule has 0 aromatic heterocycles. The molecule has 0 saturated carbocycles. The third kappa shape index (κ3) is 1.51. The summed E-state index contributed by atoms with van der Waals surface area (Å²) < 4.78 is 21.3. The highest BCUT2D eigenvalue weighted by Gasteiger charge is 2.26. The summed E-state index contributed by atoms with van der Waals surface area (Å²) in [5.74, 6) is 0.0300. The van der Waals surface area contributed by atoms with Gasteiger partial charge in [0.15, 0.2) is 9.84 Å². The van der Waals surface area contributed by atoms with Gasteiger partial charge < -0.3 is 4.79 Å². The van der Waals surface area contributed by atoms with E-state index in [2.05, 4.69) is 0 Å². The normalized spacial score (nSPS) is 32.2. The Morgan fingerprint density at radius 3 is 2.33 bits per heavy atom. The molecule has 0 N–H and O–H groups in total. The monoisotopic (exact) mass is 148 g/mol. The third-order valence-electron chi connectivity index (χ3n) is 1.46.